The Morgan fingerprint density at radius 3 is 2.65 bits per heavy atom. The molecule has 1 aromatic carbocycles. The molecule has 0 saturated carbocycles. The van der Waals surface area contributed by atoms with E-state index in [-0.39, 0.29) is 17.2 Å². The van der Waals surface area contributed by atoms with Gasteiger partial charge in [-0.3, -0.25) is 5.32 Å². The molecule has 1 aromatic rings. The van der Waals surface area contributed by atoms with Gasteiger partial charge in [0.1, 0.15) is 6.04 Å². The number of nitrogens with one attached hydrogen (secondary N) is 1. The molecule has 1 N–H and O–H groups in total. The minimum absolute atomic E-state index is 0.0666. The highest BCUT2D eigenvalue weighted by atomic mass is 79.9. The molecule has 1 atom stereocenters. The maximum atomic E-state index is 12.3. The number of ether oxygens (including phenoxy) is 1. The molecule has 1 unspecified atom stereocenters. The summed E-state index contributed by atoms with van der Waals surface area (Å²) < 4.78 is 42.3. The summed E-state index contributed by atoms with van der Waals surface area (Å²) in [6.07, 6.45) is -4.44. The zero-order valence-electron chi connectivity index (χ0n) is 10.4. The second-order valence-electron chi connectivity index (χ2n) is 3.85. The Kier molecular flexibility index (Phi) is 6.29. The highest BCUT2D eigenvalue weighted by molar-refractivity contribution is 9.10. The highest BCUT2D eigenvalue weighted by Crippen LogP contribution is 2.28. The van der Waals surface area contributed by atoms with Gasteiger partial charge in [0.05, 0.1) is 13.2 Å². The van der Waals surface area contributed by atoms with E-state index in [1.807, 2.05) is 0 Å². The first-order chi connectivity index (χ1) is 9.24. The van der Waals surface area contributed by atoms with Crippen LogP contribution >= 0.6 is 27.5 Å². The molecular weight excluding hydrogens is 362 g/mol. The summed E-state index contributed by atoms with van der Waals surface area (Å²) in [4.78, 5) is 11.8. The Morgan fingerprint density at radius 2 is 2.15 bits per heavy atom. The number of benzene rings is 1. The van der Waals surface area contributed by atoms with Gasteiger partial charge in [-0.25, -0.2) is 4.79 Å². The van der Waals surface area contributed by atoms with Crippen molar-refractivity contribution in [3.8, 4) is 0 Å². The fourth-order valence-electron chi connectivity index (χ4n) is 1.50. The fourth-order valence-corrected chi connectivity index (χ4v) is 2.28. The molecule has 0 aliphatic carbocycles. The van der Waals surface area contributed by atoms with E-state index < -0.39 is 24.7 Å². The zero-order valence-corrected chi connectivity index (χ0v) is 12.8. The lowest BCUT2D eigenvalue weighted by Crippen LogP contribution is -2.37. The molecule has 112 valence electrons. The van der Waals surface area contributed by atoms with Gasteiger partial charge in [-0.05, 0) is 24.6 Å². The van der Waals surface area contributed by atoms with Crippen molar-refractivity contribution in [1.29, 1.82) is 0 Å². The van der Waals surface area contributed by atoms with E-state index in [2.05, 4.69) is 21.2 Å². The van der Waals surface area contributed by atoms with Crippen LogP contribution in [0.3, 0.4) is 0 Å². The van der Waals surface area contributed by atoms with Crippen LogP contribution in [0, 0.1) is 0 Å². The van der Waals surface area contributed by atoms with Crippen molar-refractivity contribution in [2.75, 3.05) is 13.2 Å². The second kappa shape index (κ2) is 7.28. The van der Waals surface area contributed by atoms with Crippen molar-refractivity contribution in [1.82, 2.24) is 5.32 Å². The van der Waals surface area contributed by atoms with Gasteiger partial charge >= 0.3 is 12.1 Å². The Bertz CT molecular complexity index is 482. The third kappa shape index (κ3) is 5.30. The third-order valence-corrected chi connectivity index (χ3v) is 3.12. The van der Waals surface area contributed by atoms with Crippen molar-refractivity contribution in [3.05, 3.63) is 33.3 Å². The summed E-state index contributed by atoms with van der Waals surface area (Å²) in [6.45, 7) is 0.321. The SMILES string of the molecule is CCOC(=O)C(NCC(F)(F)F)c1ccc(Br)cc1Cl. The number of halogens is 5. The number of carbonyl (C=O) groups excluding carboxylic acids is 1. The Morgan fingerprint density at radius 1 is 1.50 bits per heavy atom. The molecule has 3 nitrogen and oxygen atoms in total. The van der Waals surface area contributed by atoms with Gasteiger partial charge in [0.2, 0.25) is 0 Å². The van der Waals surface area contributed by atoms with E-state index in [1.165, 1.54) is 12.1 Å². The highest BCUT2D eigenvalue weighted by Gasteiger charge is 2.32. The molecule has 0 aliphatic rings. The van der Waals surface area contributed by atoms with Gasteiger partial charge in [0, 0.05) is 9.50 Å². The largest absolute Gasteiger partial charge is 0.465 e. The summed E-state index contributed by atoms with van der Waals surface area (Å²) in [5.41, 5.74) is 0.234. The smallest absolute Gasteiger partial charge is 0.401 e. The third-order valence-electron chi connectivity index (χ3n) is 2.30. The van der Waals surface area contributed by atoms with Crippen LogP contribution in [0.5, 0.6) is 0 Å². The molecule has 0 heterocycles. The van der Waals surface area contributed by atoms with Crippen LogP contribution in [0.25, 0.3) is 0 Å². The normalized spacial score (nSPS) is 13.1. The minimum atomic E-state index is -4.44. The zero-order chi connectivity index (χ0) is 15.3. The van der Waals surface area contributed by atoms with Crippen LogP contribution in [-0.4, -0.2) is 25.3 Å². The quantitative estimate of drug-likeness (QED) is 0.796. The summed E-state index contributed by atoms with van der Waals surface area (Å²) in [5.74, 6) is -0.805. The number of carbonyl (C=O) groups is 1. The molecule has 0 saturated heterocycles. The van der Waals surface area contributed by atoms with Gasteiger partial charge in [-0.2, -0.15) is 13.2 Å². The van der Waals surface area contributed by atoms with E-state index in [9.17, 15) is 18.0 Å². The van der Waals surface area contributed by atoms with Crippen LogP contribution in [-0.2, 0) is 9.53 Å². The predicted molar refractivity (Wildman–Crippen MR) is 72.6 cm³/mol. The fraction of sp³-hybridized carbons (Fsp3) is 0.417. The second-order valence-corrected chi connectivity index (χ2v) is 5.17. The lowest BCUT2D eigenvalue weighted by molar-refractivity contribution is -0.149. The van der Waals surface area contributed by atoms with Gasteiger partial charge in [0.15, 0.2) is 0 Å². The van der Waals surface area contributed by atoms with Crippen LogP contribution in [0.1, 0.15) is 18.5 Å². The first kappa shape index (κ1) is 17.3. The molecule has 8 heteroatoms. The maximum Gasteiger partial charge on any atom is 0.401 e. The summed E-state index contributed by atoms with van der Waals surface area (Å²) in [7, 11) is 0. The molecule has 1 rings (SSSR count). The molecule has 0 aromatic heterocycles. The molecular formula is C12H12BrClF3NO2. The van der Waals surface area contributed by atoms with Crippen LogP contribution in [0.15, 0.2) is 22.7 Å². The standard InChI is InChI=1S/C12H12BrClF3NO2/c1-2-20-11(19)10(18-6-12(15,16)17)8-4-3-7(13)5-9(8)14/h3-5,10,18H,2,6H2,1H3. The summed E-state index contributed by atoms with van der Waals surface area (Å²) in [5, 5.41) is 2.29. The van der Waals surface area contributed by atoms with Crippen molar-refractivity contribution < 1.29 is 22.7 Å². The molecule has 0 aliphatic heterocycles. The molecule has 0 spiro atoms. The molecule has 0 radical (unpaired) electrons. The van der Waals surface area contributed by atoms with E-state index >= 15 is 0 Å². The van der Waals surface area contributed by atoms with Gasteiger partial charge in [-0.1, -0.05) is 33.6 Å². The first-order valence-electron chi connectivity index (χ1n) is 5.66. The Balaban J connectivity index is 3.00. The Labute approximate surface area is 127 Å². The minimum Gasteiger partial charge on any atom is -0.465 e. The monoisotopic (exact) mass is 373 g/mol. The van der Waals surface area contributed by atoms with Gasteiger partial charge < -0.3 is 4.74 Å². The molecule has 20 heavy (non-hydrogen) atoms. The molecule has 0 fully saturated rings. The lowest BCUT2D eigenvalue weighted by atomic mass is 10.1. The average molecular weight is 375 g/mol. The van der Waals surface area contributed by atoms with E-state index in [4.69, 9.17) is 16.3 Å². The number of hydrogen-bond donors (Lipinski definition) is 1. The van der Waals surface area contributed by atoms with Crippen molar-refractivity contribution >= 4 is 33.5 Å². The topological polar surface area (TPSA) is 38.3 Å². The molecule has 0 amide bonds. The van der Waals surface area contributed by atoms with Crippen LogP contribution < -0.4 is 5.32 Å². The lowest BCUT2D eigenvalue weighted by Gasteiger charge is -2.19. The Hall–Kier alpha value is -0.790. The van der Waals surface area contributed by atoms with Crippen molar-refractivity contribution in [2.45, 2.75) is 19.1 Å². The summed E-state index contributed by atoms with van der Waals surface area (Å²) >= 11 is 9.14. The van der Waals surface area contributed by atoms with Crippen molar-refractivity contribution in [2.24, 2.45) is 0 Å². The number of esters is 1. The molecule has 0 bridgehead atoms. The van der Waals surface area contributed by atoms with Crippen LogP contribution in [0.4, 0.5) is 13.2 Å². The van der Waals surface area contributed by atoms with Crippen molar-refractivity contribution in [3.63, 3.8) is 0 Å². The van der Waals surface area contributed by atoms with E-state index in [1.54, 1.807) is 13.0 Å². The van der Waals surface area contributed by atoms with Gasteiger partial charge in [-0.15, -0.1) is 0 Å². The summed E-state index contributed by atoms with van der Waals surface area (Å²) in [6, 6.07) is 3.29. The average Bonchev–Trinajstić information content (AvgIpc) is 2.30. The number of rotatable bonds is 5. The number of alkyl halides is 3. The van der Waals surface area contributed by atoms with Crippen LogP contribution in [0.2, 0.25) is 5.02 Å². The van der Waals surface area contributed by atoms with E-state index in [0.29, 0.717) is 4.47 Å². The number of hydrogen-bond acceptors (Lipinski definition) is 3. The van der Waals surface area contributed by atoms with Gasteiger partial charge in [0.25, 0.3) is 0 Å². The first-order valence-corrected chi connectivity index (χ1v) is 6.83. The van der Waals surface area contributed by atoms with E-state index in [0.717, 1.165) is 0 Å². The maximum absolute atomic E-state index is 12.3. The predicted octanol–water partition coefficient (Wildman–Crippen LogP) is 3.86.